The number of rotatable bonds is 7. The van der Waals surface area contributed by atoms with E-state index in [-0.39, 0.29) is 49.5 Å². The van der Waals surface area contributed by atoms with E-state index in [4.69, 9.17) is 23.7 Å². The van der Waals surface area contributed by atoms with Crippen LogP contribution in [0.5, 0.6) is 0 Å². The first-order valence-electron chi connectivity index (χ1n) is 21.3. The molecule has 1 aliphatic carbocycles. The lowest BCUT2D eigenvalue weighted by atomic mass is 9.81. The number of piperidine rings is 1. The van der Waals surface area contributed by atoms with E-state index in [1.54, 1.807) is 21.0 Å². The van der Waals surface area contributed by atoms with Crippen molar-refractivity contribution in [3.63, 3.8) is 0 Å². The van der Waals surface area contributed by atoms with Gasteiger partial charge in [0, 0.05) is 52.0 Å². The van der Waals surface area contributed by atoms with Crippen LogP contribution in [0, 0.1) is 29.6 Å². The van der Waals surface area contributed by atoms with Gasteiger partial charge in [-0.1, -0.05) is 51.8 Å². The predicted octanol–water partition coefficient (Wildman–Crippen LogP) is 4.86. The van der Waals surface area contributed by atoms with E-state index < -0.39 is 83.9 Å². The van der Waals surface area contributed by atoms with E-state index in [1.807, 2.05) is 32.9 Å². The molecule has 3 aliphatic heterocycles. The Kier molecular flexibility index (Phi) is 17.5. The number of esters is 1. The van der Waals surface area contributed by atoms with E-state index in [1.165, 1.54) is 19.1 Å². The first kappa shape index (κ1) is 47.2. The van der Waals surface area contributed by atoms with Crippen LogP contribution in [0.1, 0.15) is 119 Å². The molecule has 0 aromatic heterocycles. The lowest BCUT2D eigenvalue weighted by Crippen LogP contribution is -2.64. The zero-order chi connectivity index (χ0) is 42.2. The van der Waals surface area contributed by atoms with Gasteiger partial charge in [-0.25, -0.2) is 4.79 Å². The summed E-state index contributed by atoms with van der Waals surface area (Å²) in [6.45, 7) is 11.4. The molecule has 2 bridgehead atoms. The van der Waals surface area contributed by atoms with Crippen LogP contribution < -0.4 is 0 Å². The fraction of sp³-hybridized carbons (Fsp3) is 0.818. The van der Waals surface area contributed by atoms with E-state index >= 15 is 0 Å². The Morgan fingerprint density at radius 3 is 2.23 bits per heavy atom. The highest BCUT2D eigenvalue weighted by atomic mass is 16.7. The molecule has 4 aliphatic rings. The lowest BCUT2D eigenvalue weighted by molar-refractivity contribution is -0.302. The molecule has 13 heteroatoms. The molecule has 2 unspecified atom stereocenters. The number of hydrogen-bond donors (Lipinski definition) is 3. The van der Waals surface area contributed by atoms with Crippen LogP contribution in [0.25, 0.3) is 0 Å². The van der Waals surface area contributed by atoms with Crippen molar-refractivity contribution < 1.29 is 58.2 Å². The lowest BCUT2D eigenvalue weighted by Gasteiger charge is -2.47. The maximum atomic E-state index is 14.3. The molecule has 4 rings (SSSR count). The van der Waals surface area contributed by atoms with Gasteiger partial charge >= 0.3 is 5.97 Å². The molecule has 57 heavy (non-hydrogen) atoms. The highest BCUT2D eigenvalue weighted by molar-refractivity contribution is 6.39. The molecule has 14 atom stereocenters. The van der Waals surface area contributed by atoms with Crippen LogP contribution in [-0.2, 0) is 42.9 Å². The maximum absolute atomic E-state index is 14.3. The largest absolute Gasteiger partial charge is 0.456 e. The van der Waals surface area contributed by atoms with E-state index in [0.29, 0.717) is 56.9 Å². The van der Waals surface area contributed by atoms with Gasteiger partial charge in [-0.15, -0.1) is 0 Å². The zero-order valence-electron chi connectivity index (χ0n) is 35.8. The third-order valence-corrected chi connectivity index (χ3v) is 13.1. The number of hydrogen-bond acceptors (Lipinski definition) is 12. The summed E-state index contributed by atoms with van der Waals surface area (Å²) in [6.07, 6.45) is 4.60. The Balaban J connectivity index is 1.77. The number of aliphatic hydroxyl groups is 3. The van der Waals surface area contributed by atoms with E-state index in [0.717, 1.165) is 12.0 Å². The molecule has 13 nitrogen and oxygen atoms in total. The molecule has 2 saturated heterocycles. The van der Waals surface area contributed by atoms with Gasteiger partial charge < -0.3 is 43.9 Å². The molecular formula is C44H71NO12. The van der Waals surface area contributed by atoms with Gasteiger partial charge in [-0.3, -0.25) is 14.4 Å². The molecule has 0 radical (unpaired) electrons. The minimum Gasteiger partial charge on any atom is -0.456 e. The number of cyclic esters (lactones) is 1. The second-order valence-corrected chi connectivity index (χ2v) is 17.5. The monoisotopic (exact) mass is 805 g/mol. The minimum atomic E-state index is -2.50. The van der Waals surface area contributed by atoms with Gasteiger partial charge in [0.05, 0.1) is 30.5 Å². The standard InChI is InChI=1S/C44H71NO12/c1-10-13-31-19-25(2)18-26(3)20-37(54-8)40-38(55-9)22-28(5)44(52,57-40)41(49)42(50)45-17-12-11-14-32(45)43(51)56-39(29(6)34(47)24-35(31)48)27(4)21-30-15-16-33(46)36(23-30)53-7/h19,21,26,28-34,36-40,46-47,52H,10-18,20,22-24H2,1-9H3/b25-19+,27-21+/t26-,28+,29+,30-,31+,32-,33+,34-,36+,37?,38-,39+,40?,44+/m0/s1. The molecule has 324 valence electrons. The first-order chi connectivity index (χ1) is 27.0. The smallest absolute Gasteiger partial charge is 0.329 e. The Morgan fingerprint density at radius 2 is 1.58 bits per heavy atom. The molecule has 3 fully saturated rings. The average molecular weight is 806 g/mol. The Hall–Kier alpha value is -2.52. The summed E-state index contributed by atoms with van der Waals surface area (Å²) >= 11 is 0. The Bertz CT molecular complexity index is 1450. The normalized spacial score (nSPS) is 41.1. The van der Waals surface area contributed by atoms with Crippen molar-refractivity contribution in [2.45, 2.75) is 173 Å². The number of methoxy groups -OCH3 is 3. The third kappa shape index (κ3) is 11.4. The van der Waals surface area contributed by atoms with Crippen molar-refractivity contribution >= 4 is 23.4 Å². The number of aliphatic hydroxyl groups excluding tert-OH is 2. The Labute approximate surface area is 339 Å². The molecule has 1 amide bonds. The fourth-order valence-corrected chi connectivity index (χ4v) is 9.60. The second kappa shape index (κ2) is 21.1. The molecular weight excluding hydrogens is 734 g/mol. The topological polar surface area (TPSA) is 178 Å². The van der Waals surface area contributed by atoms with Crippen LogP contribution in [0.3, 0.4) is 0 Å². The van der Waals surface area contributed by atoms with Gasteiger partial charge in [-0.05, 0) is 95.5 Å². The van der Waals surface area contributed by atoms with Crippen LogP contribution in [0.15, 0.2) is 23.3 Å². The first-order valence-corrected chi connectivity index (χ1v) is 21.3. The number of fused-ring (bicyclic) bond motifs is 3. The summed E-state index contributed by atoms with van der Waals surface area (Å²) in [5, 5.41) is 34.2. The number of carbonyl (C=O) groups is 4. The van der Waals surface area contributed by atoms with Crippen molar-refractivity contribution in [3.8, 4) is 0 Å². The highest BCUT2D eigenvalue weighted by Crippen LogP contribution is 2.39. The summed E-state index contributed by atoms with van der Waals surface area (Å²) in [6, 6.07) is -1.13. The van der Waals surface area contributed by atoms with E-state index in [2.05, 4.69) is 6.92 Å². The van der Waals surface area contributed by atoms with Crippen molar-refractivity contribution in [1.29, 1.82) is 0 Å². The average Bonchev–Trinajstić information content (AvgIpc) is 3.18. The number of ketones is 2. The summed E-state index contributed by atoms with van der Waals surface area (Å²) in [5.74, 6) is -7.46. The quantitative estimate of drug-likeness (QED) is 0.181. The number of allylic oxidation sites excluding steroid dienone is 3. The number of Topliss-reactive ketones (excluding diaryl/α,β-unsaturated/α-hetero) is 2. The van der Waals surface area contributed by atoms with Crippen LogP contribution >= 0.6 is 0 Å². The van der Waals surface area contributed by atoms with Gasteiger partial charge in [0.1, 0.15) is 24.0 Å². The van der Waals surface area contributed by atoms with Gasteiger partial charge in [0.25, 0.3) is 11.7 Å². The fourth-order valence-electron chi connectivity index (χ4n) is 9.60. The summed E-state index contributed by atoms with van der Waals surface area (Å²) in [5.41, 5.74) is 1.67. The number of ether oxygens (including phenoxy) is 5. The third-order valence-electron chi connectivity index (χ3n) is 13.1. The predicted molar refractivity (Wildman–Crippen MR) is 213 cm³/mol. The van der Waals surface area contributed by atoms with Crippen LogP contribution in [-0.4, -0.2) is 126 Å². The SMILES string of the molecule is CCC[C@@H]1/C=C(\C)C[C@H](C)CC(OC)C2O[C@@](O)(C(=O)C(=O)N3CCCC[C@H]3C(=O)O[C@H](/C(C)=C/[C@@H]3CC[C@@H](O)[C@H](OC)C3)[C@H](C)[C@@H](O)CC1=O)[C@H](C)C[C@@H]2OC. The molecule has 0 aromatic rings. The van der Waals surface area contributed by atoms with Gasteiger partial charge in [-0.2, -0.15) is 0 Å². The Morgan fingerprint density at radius 1 is 0.912 bits per heavy atom. The van der Waals surface area contributed by atoms with Crippen molar-refractivity contribution in [2.24, 2.45) is 29.6 Å². The van der Waals surface area contributed by atoms with Gasteiger partial charge in [0.15, 0.2) is 0 Å². The van der Waals surface area contributed by atoms with Crippen LogP contribution in [0.2, 0.25) is 0 Å². The van der Waals surface area contributed by atoms with Crippen molar-refractivity contribution in [3.05, 3.63) is 23.3 Å². The molecule has 0 aromatic carbocycles. The molecule has 0 spiro atoms. The van der Waals surface area contributed by atoms with Crippen molar-refractivity contribution in [2.75, 3.05) is 27.9 Å². The summed E-state index contributed by atoms with van der Waals surface area (Å²) in [7, 11) is 4.64. The number of carbonyl (C=O) groups excluding carboxylic acids is 4. The molecule has 3 heterocycles. The van der Waals surface area contributed by atoms with E-state index in [9.17, 15) is 34.5 Å². The summed E-state index contributed by atoms with van der Waals surface area (Å²) in [4.78, 5) is 57.9. The van der Waals surface area contributed by atoms with Gasteiger partial charge in [0.2, 0.25) is 5.79 Å². The molecule has 1 saturated carbocycles. The summed E-state index contributed by atoms with van der Waals surface area (Å²) < 4.78 is 29.8. The number of nitrogens with zero attached hydrogens (tertiary/aromatic N) is 1. The minimum absolute atomic E-state index is 0.000416. The zero-order valence-corrected chi connectivity index (χ0v) is 35.8. The van der Waals surface area contributed by atoms with Crippen molar-refractivity contribution in [1.82, 2.24) is 4.90 Å². The maximum Gasteiger partial charge on any atom is 0.329 e. The molecule has 3 N–H and O–H groups in total. The second-order valence-electron chi connectivity index (χ2n) is 17.5. The number of amides is 1. The van der Waals surface area contributed by atoms with Crippen LogP contribution in [0.4, 0.5) is 0 Å². The highest BCUT2D eigenvalue weighted by Gasteiger charge is 2.56.